The third-order valence-electron chi connectivity index (χ3n) is 2.76. The molecule has 0 bridgehead atoms. The molecule has 0 aromatic carbocycles. The lowest BCUT2D eigenvalue weighted by Gasteiger charge is -2.09. The fourth-order valence-electron chi connectivity index (χ4n) is 1.63. The van der Waals surface area contributed by atoms with E-state index in [0.717, 1.165) is 18.8 Å². The largest absolute Gasteiger partial charge is 0.300 e. The number of rotatable bonds is 8. The van der Waals surface area contributed by atoms with Crippen molar-refractivity contribution in [2.45, 2.75) is 66.2 Å². The first-order valence-corrected chi connectivity index (χ1v) is 6.21. The van der Waals surface area contributed by atoms with Crippen LogP contribution in [0, 0.1) is 5.92 Å². The quantitative estimate of drug-likeness (QED) is 0.538. The lowest BCUT2D eigenvalue weighted by Crippen LogP contribution is -1.99. The van der Waals surface area contributed by atoms with Gasteiger partial charge in [0.05, 0.1) is 0 Å². The van der Waals surface area contributed by atoms with Gasteiger partial charge >= 0.3 is 0 Å². The van der Waals surface area contributed by atoms with E-state index in [0.29, 0.717) is 12.2 Å². The van der Waals surface area contributed by atoms with Gasteiger partial charge in [-0.05, 0) is 39.0 Å². The highest BCUT2D eigenvalue weighted by atomic mass is 16.1. The SMILES string of the molecule is CCC(=O)CCC[C@H](C)CCC=C(C)C. The van der Waals surface area contributed by atoms with Crippen LogP contribution in [0.1, 0.15) is 66.2 Å². The van der Waals surface area contributed by atoms with Crippen molar-refractivity contribution in [2.24, 2.45) is 5.92 Å². The highest BCUT2D eigenvalue weighted by Gasteiger charge is 2.03. The van der Waals surface area contributed by atoms with Crippen molar-refractivity contribution in [1.29, 1.82) is 0 Å². The topological polar surface area (TPSA) is 17.1 Å². The van der Waals surface area contributed by atoms with Crippen molar-refractivity contribution in [2.75, 3.05) is 0 Å². The Morgan fingerprint density at radius 1 is 1.27 bits per heavy atom. The highest BCUT2D eigenvalue weighted by molar-refractivity contribution is 5.77. The molecule has 88 valence electrons. The molecule has 0 saturated heterocycles. The molecule has 0 amide bonds. The van der Waals surface area contributed by atoms with Crippen LogP contribution in [-0.2, 0) is 4.79 Å². The average molecular weight is 210 g/mol. The Labute approximate surface area is 95.0 Å². The van der Waals surface area contributed by atoms with Crippen LogP contribution in [0.3, 0.4) is 0 Å². The summed E-state index contributed by atoms with van der Waals surface area (Å²) in [6.07, 6.45) is 8.49. The lowest BCUT2D eigenvalue weighted by atomic mass is 9.97. The summed E-state index contributed by atoms with van der Waals surface area (Å²) >= 11 is 0. The van der Waals surface area contributed by atoms with E-state index < -0.39 is 0 Å². The molecule has 1 atom stereocenters. The third kappa shape index (κ3) is 9.71. The Bertz CT molecular complexity index is 199. The number of carbonyl (C=O) groups excluding carboxylic acids is 1. The van der Waals surface area contributed by atoms with Crippen LogP contribution in [0.4, 0.5) is 0 Å². The number of hydrogen-bond donors (Lipinski definition) is 0. The molecule has 1 heteroatoms. The third-order valence-corrected chi connectivity index (χ3v) is 2.76. The van der Waals surface area contributed by atoms with Crippen LogP contribution >= 0.6 is 0 Å². The lowest BCUT2D eigenvalue weighted by molar-refractivity contribution is -0.118. The van der Waals surface area contributed by atoms with Gasteiger partial charge in [0.15, 0.2) is 0 Å². The van der Waals surface area contributed by atoms with E-state index in [1.165, 1.54) is 24.8 Å². The van der Waals surface area contributed by atoms with E-state index in [-0.39, 0.29) is 0 Å². The van der Waals surface area contributed by atoms with E-state index in [4.69, 9.17) is 0 Å². The molecule has 0 saturated carbocycles. The summed E-state index contributed by atoms with van der Waals surface area (Å²) in [5, 5.41) is 0. The van der Waals surface area contributed by atoms with Gasteiger partial charge in [-0.3, -0.25) is 4.79 Å². The van der Waals surface area contributed by atoms with Crippen LogP contribution in [0.15, 0.2) is 11.6 Å². The van der Waals surface area contributed by atoms with Crippen molar-refractivity contribution in [3.63, 3.8) is 0 Å². The maximum Gasteiger partial charge on any atom is 0.132 e. The number of ketones is 1. The molecule has 0 N–H and O–H groups in total. The first-order valence-electron chi connectivity index (χ1n) is 6.21. The molecule has 0 spiro atoms. The summed E-state index contributed by atoms with van der Waals surface area (Å²) in [6.45, 7) is 8.52. The van der Waals surface area contributed by atoms with Crippen LogP contribution in [-0.4, -0.2) is 5.78 Å². The monoisotopic (exact) mass is 210 g/mol. The predicted molar refractivity (Wildman–Crippen MR) is 67.0 cm³/mol. The molecule has 0 unspecified atom stereocenters. The van der Waals surface area contributed by atoms with Gasteiger partial charge < -0.3 is 0 Å². The summed E-state index contributed by atoms with van der Waals surface area (Å²) in [6, 6.07) is 0. The Hall–Kier alpha value is -0.590. The zero-order chi connectivity index (χ0) is 11.7. The molecule has 0 aliphatic rings. The molecule has 1 nitrogen and oxygen atoms in total. The van der Waals surface area contributed by atoms with Gasteiger partial charge in [0.1, 0.15) is 5.78 Å². The summed E-state index contributed by atoms with van der Waals surface area (Å²) in [4.78, 5) is 11.1. The molecule has 0 radical (unpaired) electrons. The molecular weight excluding hydrogens is 184 g/mol. The number of allylic oxidation sites excluding steroid dienone is 2. The zero-order valence-corrected chi connectivity index (χ0v) is 10.8. The van der Waals surface area contributed by atoms with E-state index in [1.54, 1.807) is 0 Å². The summed E-state index contributed by atoms with van der Waals surface area (Å²) < 4.78 is 0. The first kappa shape index (κ1) is 14.4. The molecular formula is C14H26O. The van der Waals surface area contributed by atoms with Crippen LogP contribution in [0.5, 0.6) is 0 Å². The Morgan fingerprint density at radius 2 is 1.93 bits per heavy atom. The second-order valence-electron chi connectivity index (χ2n) is 4.75. The molecule has 15 heavy (non-hydrogen) atoms. The summed E-state index contributed by atoms with van der Waals surface area (Å²) in [5.74, 6) is 1.16. The van der Waals surface area contributed by atoms with E-state index in [2.05, 4.69) is 26.8 Å². The maximum atomic E-state index is 11.1. The highest BCUT2D eigenvalue weighted by Crippen LogP contribution is 2.15. The minimum Gasteiger partial charge on any atom is -0.300 e. The summed E-state index contributed by atoms with van der Waals surface area (Å²) in [7, 11) is 0. The van der Waals surface area contributed by atoms with Gasteiger partial charge in [0.2, 0.25) is 0 Å². The van der Waals surface area contributed by atoms with Gasteiger partial charge in [0.25, 0.3) is 0 Å². The molecule has 0 aliphatic carbocycles. The van der Waals surface area contributed by atoms with E-state index in [9.17, 15) is 4.79 Å². The minimum atomic E-state index is 0.409. The van der Waals surface area contributed by atoms with Crippen LogP contribution < -0.4 is 0 Å². The van der Waals surface area contributed by atoms with Gasteiger partial charge in [-0.1, -0.05) is 31.9 Å². The van der Waals surface area contributed by atoms with Crippen molar-refractivity contribution in [1.82, 2.24) is 0 Å². The van der Waals surface area contributed by atoms with Crippen LogP contribution in [0.2, 0.25) is 0 Å². The van der Waals surface area contributed by atoms with Gasteiger partial charge in [-0.2, -0.15) is 0 Å². The zero-order valence-electron chi connectivity index (χ0n) is 10.8. The first-order chi connectivity index (χ1) is 7.06. The van der Waals surface area contributed by atoms with Crippen LogP contribution in [0.25, 0.3) is 0 Å². The number of carbonyl (C=O) groups is 1. The standard InChI is InChI=1S/C14H26O/c1-5-14(15)11-7-10-13(4)9-6-8-12(2)3/h8,13H,5-7,9-11H2,1-4H3/t13-/m1/s1. The van der Waals surface area contributed by atoms with Gasteiger partial charge in [-0.25, -0.2) is 0 Å². The molecule has 0 fully saturated rings. The Morgan fingerprint density at radius 3 is 2.47 bits per heavy atom. The second kappa shape index (κ2) is 8.70. The van der Waals surface area contributed by atoms with Crippen molar-refractivity contribution >= 4 is 5.78 Å². The molecule has 0 aromatic rings. The second-order valence-corrected chi connectivity index (χ2v) is 4.75. The predicted octanol–water partition coefficient (Wildman–Crippen LogP) is 4.52. The Balaban J connectivity index is 3.45. The fourth-order valence-corrected chi connectivity index (χ4v) is 1.63. The van der Waals surface area contributed by atoms with Gasteiger partial charge in [0, 0.05) is 12.8 Å². The van der Waals surface area contributed by atoms with Crippen molar-refractivity contribution in [3.8, 4) is 0 Å². The number of hydrogen-bond acceptors (Lipinski definition) is 1. The maximum absolute atomic E-state index is 11.1. The summed E-state index contributed by atoms with van der Waals surface area (Å²) in [5.41, 5.74) is 1.41. The Kier molecular flexibility index (Phi) is 8.35. The van der Waals surface area contributed by atoms with E-state index >= 15 is 0 Å². The minimum absolute atomic E-state index is 0.409. The molecule has 0 aromatic heterocycles. The molecule has 0 heterocycles. The molecule has 0 aliphatic heterocycles. The molecule has 0 rings (SSSR count). The number of Topliss-reactive ketones (excluding diaryl/α,β-unsaturated/α-hetero) is 1. The van der Waals surface area contributed by atoms with Crippen molar-refractivity contribution in [3.05, 3.63) is 11.6 Å². The normalized spacial score (nSPS) is 12.3. The van der Waals surface area contributed by atoms with Gasteiger partial charge in [-0.15, -0.1) is 0 Å². The smallest absolute Gasteiger partial charge is 0.132 e. The fraction of sp³-hybridized carbons (Fsp3) is 0.786. The average Bonchev–Trinajstić information content (AvgIpc) is 2.17. The van der Waals surface area contributed by atoms with Crippen molar-refractivity contribution < 1.29 is 4.79 Å². The van der Waals surface area contributed by atoms with E-state index in [1.807, 2.05) is 6.92 Å².